The molecule has 0 radical (unpaired) electrons. The second kappa shape index (κ2) is 25.4. The van der Waals surface area contributed by atoms with Gasteiger partial charge in [0.1, 0.15) is 30.7 Å². The average Bonchev–Trinajstić information content (AvgIpc) is 1.01. The number of hydrogen-bond donors (Lipinski definition) is 9. The number of benzene rings is 4. The van der Waals surface area contributed by atoms with Crippen LogP contribution in [0.25, 0.3) is 49.4 Å². The van der Waals surface area contributed by atoms with E-state index in [0.29, 0.717) is 57.0 Å². The number of rotatable bonds is 23. The van der Waals surface area contributed by atoms with Crippen LogP contribution in [0.15, 0.2) is 103 Å². The Kier molecular flexibility index (Phi) is 18.0. The number of aliphatic hydroxyl groups excluding tert-OH is 3. The fourth-order valence-corrected chi connectivity index (χ4v) is 16.1. The number of carboxylic acids is 2. The summed E-state index contributed by atoms with van der Waals surface area (Å²) in [7, 11) is -4.51. The molecule has 27 heteroatoms. The quantitative estimate of drug-likeness (QED) is 0.0282. The van der Waals surface area contributed by atoms with Gasteiger partial charge in [-0.2, -0.15) is 13.5 Å². The van der Waals surface area contributed by atoms with E-state index in [4.69, 9.17) is 34.8 Å². The molecule has 1 saturated heterocycles. The number of carbonyl (C=O) groups excluding carboxylic acids is 3. The smallest absolute Gasteiger partial charge is 0.410 e. The van der Waals surface area contributed by atoms with Crippen molar-refractivity contribution < 1.29 is 81.4 Å². The van der Waals surface area contributed by atoms with Crippen LogP contribution in [0.1, 0.15) is 90.9 Å². The standard InChI is InChI=1S/C64H70N8O17S2/c1-36-43(40-16-17-44(68-50(40)56(78)79)39-15-14-38-9-6-10-41(42(38)27-39)55(77)70-59-69-45-11-4-5-12-48(45)90-59)28-66-72(36)35-63-30-61(2)29-62(3,31-63)33-64(32-61,34-63)87-24-21-71(22-25-91(83,84)85)60(82)86-23-7-8-37-13-18-47(46(26-37)67-49(73)19-20-65)88-58-53(76)51(74)52(75)54(89-58)57(80)81/h4-18,26-28,51-54,58,74-76H,19-25,29-35,65H2,1-3H3,(H,67,73)(H,78,79)(H,80,81)(H,69,70,77)(H,83,84,85)/b8-7+/t51-,52-,53+,54-,58+,61?,62?,63?,64?/m0/s1. The van der Waals surface area contributed by atoms with Gasteiger partial charge < -0.3 is 60.4 Å². The maximum atomic E-state index is 13.7. The number of anilines is 2. The highest BCUT2D eigenvalue weighted by atomic mass is 32.2. The van der Waals surface area contributed by atoms with Gasteiger partial charge in [-0.05, 0) is 133 Å². The van der Waals surface area contributed by atoms with Crippen molar-refractivity contribution in [1.82, 2.24) is 24.6 Å². The molecule has 4 aromatic carbocycles. The third-order valence-electron chi connectivity index (χ3n) is 17.5. The van der Waals surface area contributed by atoms with Crippen molar-refractivity contribution in [3.63, 3.8) is 0 Å². The first kappa shape index (κ1) is 64.3. The lowest BCUT2D eigenvalue weighted by atomic mass is 9.39. The van der Waals surface area contributed by atoms with Gasteiger partial charge in [0, 0.05) is 60.5 Å². The molecule has 4 saturated carbocycles. The number of pyridine rings is 1. The number of aromatic carboxylic acids is 1. The summed E-state index contributed by atoms with van der Waals surface area (Å²) in [5.74, 6) is -4.57. The first-order chi connectivity index (χ1) is 43.2. The van der Waals surface area contributed by atoms with Crippen molar-refractivity contribution >= 4 is 89.2 Å². The minimum absolute atomic E-state index is 0.00134. The van der Waals surface area contributed by atoms with Gasteiger partial charge in [-0.1, -0.05) is 73.7 Å². The molecule has 7 atom stereocenters. The van der Waals surface area contributed by atoms with E-state index in [9.17, 15) is 62.5 Å². The molecule has 5 aliphatic rings. The van der Waals surface area contributed by atoms with Gasteiger partial charge in [0.25, 0.3) is 16.0 Å². The Morgan fingerprint density at radius 1 is 0.857 bits per heavy atom. The molecule has 480 valence electrons. The number of hydrogen-bond acceptors (Lipinski definition) is 19. The van der Waals surface area contributed by atoms with Gasteiger partial charge in [0.05, 0.1) is 45.8 Å². The zero-order valence-electron chi connectivity index (χ0n) is 50.0. The zero-order valence-corrected chi connectivity index (χ0v) is 51.6. The molecule has 1 aliphatic heterocycles. The molecular weight excluding hydrogens is 1220 g/mol. The summed E-state index contributed by atoms with van der Waals surface area (Å²) in [5.41, 5.74) is 8.69. The zero-order chi connectivity index (χ0) is 64.8. The average molecular weight is 1290 g/mol. The summed E-state index contributed by atoms with van der Waals surface area (Å²) < 4.78 is 60.1. The number of aliphatic hydroxyl groups is 3. The fraction of sp³-hybridized carbons (Fsp3) is 0.406. The molecule has 12 rings (SSSR count). The number of carboxylic acid groups (broad SMARTS) is 2. The molecule has 25 nitrogen and oxygen atoms in total. The minimum atomic E-state index is -4.51. The third-order valence-corrected chi connectivity index (χ3v) is 19.2. The summed E-state index contributed by atoms with van der Waals surface area (Å²) in [5, 5.41) is 63.6. The van der Waals surface area contributed by atoms with Crippen molar-refractivity contribution in [1.29, 1.82) is 0 Å². The number of amides is 3. The van der Waals surface area contributed by atoms with Crippen LogP contribution in [0.5, 0.6) is 5.75 Å². The minimum Gasteiger partial charge on any atom is -0.479 e. The van der Waals surface area contributed by atoms with Crippen molar-refractivity contribution in [2.45, 2.75) is 109 Å². The van der Waals surface area contributed by atoms with Crippen molar-refractivity contribution in [3.8, 4) is 28.1 Å². The van der Waals surface area contributed by atoms with Crippen LogP contribution in [-0.2, 0) is 40.5 Å². The highest BCUT2D eigenvalue weighted by Gasteiger charge is 2.66. The number of aromatic nitrogens is 4. The lowest BCUT2D eigenvalue weighted by molar-refractivity contribution is -0.271. The maximum Gasteiger partial charge on any atom is 0.410 e. The first-order valence-electron chi connectivity index (χ1n) is 29.6. The molecule has 4 aliphatic carbocycles. The summed E-state index contributed by atoms with van der Waals surface area (Å²) in [6, 6.07) is 26.5. The predicted octanol–water partition coefficient (Wildman–Crippen LogP) is 7.37. The molecular formula is C64H70N8O17S2. The molecule has 7 aromatic rings. The van der Waals surface area contributed by atoms with Crippen molar-refractivity contribution in [2.24, 2.45) is 22.0 Å². The molecule has 10 N–H and O–H groups in total. The van der Waals surface area contributed by atoms with E-state index < -0.39 is 82.7 Å². The number of carbonyl (C=O) groups is 5. The van der Waals surface area contributed by atoms with E-state index in [-0.39, 0.29) is 72.0 Å². The highest BCUT2D eigenvalue weighted by molar-refractivity contribution is 7.85. The number of fused-ring (bicyclic) bond motifs is 2. The van der Waals surface area contributed by atoms with Gasteiger partial charge in [0.15, 0.2) is 16.9 Å². The van der Waals surface area contributed by atoms with E-state index in [1.807, 2.05) is 60.1 Å². The van der Waals surface area contributed by atoms with Gasteiger partial charge in [-0.15, -0.1) is 0 Å². The normalized spacial score (nSPS) is 25.2. The topological polar surface area (TPSA) is 375 Å². The Morgan fingerprint density at radius 2 is 1.63 bits per heavy atom. The van der Waals surface area contributed by atoms with Crippen LogP contribution in [0, 0.1) is 23.2 Å². The molecule has 3 aromatic heterocycles. The molecule has 4 bridgehead atoms. The number of nitrogens with one attached hydrogen (secondary N) is 2. The largest absolute Gasteiger partial charge is 0.479 e. The monoisotopic (exact) mass is 1290 g/mol. The highest BCUT2D eigenvalue weighted by Crippen LogP contribution is 2.72. The fourth-order valence-electron chi connectivity index (χ4n) is 14.8. The van der Waals surface area contributed by atoms with E-state index >= 15 is 0 Å². The number of thiazole rings is 1. The summed E-state index contributed by atoms with van der Waals surface area (Å²) >= 11 is 1.38. The van der Waals surface area contributed by atoms with E-state index in [1.54, 1.807) is 30.5 Å². The van der Waals surface area contributed by atoms with E-state index in [1.165, 1.54) is 41.7 Å². The number of ether oxygens (including phenoxy) is 4. The third kappa shape index (κ3) is 14.0. The van der Waals surface area contributed by atoms with Gasteiger partial charge in [0.2, 0.25) is 12.2 Å². The van der Waals surface area contributed by atoms with E-state index in [2.05, 4.69) is 29.5 Å². The van der Waals surface area contributed by atoms with Crippen LogP contribution in [0.3, 0.4) is 0 Å². The van der Waals surface area contributed by atoms with Crippen LogP contribution >= 0.6 is 11.3 Å². The van der Waals surface area contributed by atoms with Gasteiger partial charge in [-0.25, -0.2) is 24.4 Å². The van der Waals surface area contributed by atoms with Crippen LogP contribution in [-0.4, -0.2) is 168 Å². The van der Waals surface area contributed by atoms with Crippen LogP contribution in [0.4, 0.5) is 15.6 Å². The Bertz CT molecular complexity index is 4080. The molecule has 2 unspecified atom stereocenters. The van der Waals surface area contributed by atoms with Gasteiger partial charge >= 0.3 is 18.0 Å². The predicted molar refractivity (Wildman–Crippen MR) is 335 cm³/mol. The maximum absolute atomic E-state index is 13.7. The summed E-state index contributed by atoms with van der Waals surface area (Å²) in [4.78, 5) is 75.4. The summed E-state index contributed by atoms with van der Waals surface area (Å²) in [6.07, 6.45) is -0.914. The van der Waals surface area contributed by atoms with Crippen LogP contribution in [0.2, 0.25) is 0 Å². The second-order valence-electron chi connectivity index (χ2n) is 25.0. The Labute approximate surface area is 526 Å². The molecule has 4 heterocycles. The SMILES string of the molecule is Cc1c(-c2ccc(-c3ccc4cccc(C(=O)Nc5nc6ccccc6s5)c4c3)nc2C(=O)O)cnn1CC12CC3(C)CC(C)(C1)CC(OCCN(CCS(=O)(=O)O)C(=O)OC/C=C/c1ccc(O[C@@H]4O[C@H](C(=O)O)[C@@H](O)[C@H](O)[C@H]4O)c(NC(=O)CCN)c1)(C3)C2. The Balaban J connectivity index is 0.759. The number of nitrogens with zero attached hydrogens (tertiary/aromatic N) is 5. The molecule has 3 amide bonds. The Morgan fingerprint density at radius 3 is 2.35 bits per heavy atom. The lowest BCUT2D eigenvalue weighted by Crippen LogP contribution is -2.64. The second-order valence-corrected chi connectivity index (χ2v) is 27.6. The van der Waals surface area contributed by atoms with Crippen molar-refractivity contribution in [3.05, 3.63) is 126 Å². The van der Waals surface area contributed by atoms with Crippen molar-refractivity contribution in [2.75, 3.05) is 49.2 Å². The first-order valence-corrected chi connectivity index (χ1v) is 32.0. The molecule has 0 spiro atoms. The molecule has 91 heavy (non-hydrogen) atoms. The number of nitrogens with two attached hydrogens (primary N) is 1. The van der Waals surface area contributed by atoms with Crippen LogP contribution < -0.4 is 21.1 Å². The summed E-state index contributed by atoms with van der Waals surface area (Å²) in [6.45, 7) is 6.19. The lowest BCUT2D eigenvalue weighted by Gasteiger charge is -2.69. The Hall–Kier alpha value is -8.25. The van der Waals surface area contributed by atoms with E-state index in [0.717, 1.165) is 58.3 Å². The van der Waals surface area contributed by atoms with Gasteiger partial charge in [-0.3, -0.25) is 24.1 Å². The number of aliphatic carboxylic acids is 1. The molecule has 5 fully saturated rings. The number of para-hydroxylation sites is 1.